The summed E-state index contributed by atoms with van der Waals surface area (Å²) in [6, 6.07) is 0. The van der Waals surface area contributed by atoms with Crippen molar-refractivity contribution in [2.75, 3.05) is 13.2 Å². The van der Waals surface area contributed by atoms with E-state index in [0.29, 0.717) is 12.8 Å². The lowest BCUT2D eigenvalue weighted by atomic mass is 9.84. The zero-order valence-corrected chi connectivity index (χ0v) is 8.83. The SMILES string of the molecule is CCC(CC)(CO)COP(=O)(O)O. The molecule has 0 amide bonds. The molecular formula is C7H17O5P. The number of phosphoric acid groups is 1. The Bertz CT molecular complexity index is 175. The lowest BCUT2D eigenvalue weighted by Gasteiger charge is -2.28. The lowest BCUT2D eigenvalue weighted by molar-refractivity contribution is 0.0441. The van der Waals surface area contributed by atoms with Crippen molar-refractivity contribution in [1.82, 2.24) is 0 Å². The summed E-state index contributed by atoms with van der Waals surface area (Å²) in [5.74, 6) is 0. The van der Waals surface area contributed by atoms with Crippen molar-refractivity contribution in [2.24, 2.45) is 5.41 Å². The summed E-state index contributed by atoms with van der Waals surface area (Å²) < 4.78 is 14.8. The molecule has 0 aromatic heterocycles. The van der Waals surface area contributed by atoms with Gasteiger partial charge >= 0.3 is 7.82 Å². The number of aliphatic hydroxyl groups excluding tert-OH is 1. The van der Waals surface area contributed by atoms with Crippen molar-refractivity contribution in [2.45, 2.75) is 26.7 Å². The van der Waals surface area contributed by atoms with Crippen molar-refractivity contribution in [1.29, 1.82) is 0 Å². The van der Waals surface area contributed by atoms with Crippen LogP contribution in [0.1, 0.15) is 26.7 Å². The van der Waals surface area contributed by atoms with Crippen LogP contribution < -0.4 is 0 Å². The molecule has 5 nitrogen and oxygen atoms in total. The van der Waals surface area contributed by atoms with Crippen LogP contribution in [0.3, 0.4) is 0 Å². The second-order valence-corrected chi connectivity index (χ2v) is 4.37. The zero-order valence-electron chi connectivity index (χ0n) is 7.93. The van der Waals surface area contributed by atoms with Gasteiger partial charge in [-0.25, -0.2) is 4.57 Å². The first-order chi connectivity index (χ1) is 5.89. The standard InChI is InChI=1S/C7H17O5P/c1-3-7(4-2,5-8)6-12-13(9,10)11/h8H,3-6H2,1-2H3,(H2,9,10,11). The minimum Gasteiger partial charge on any atom is -0.396 e. The molecule has 0 bridgehead atoms. The summed E-state index contributed by atoms with van der Waals surface area (Å²) in [5.41, 5.74) is -0.527. The van der Waals surface area contributed by atoms with Crippen LogP contribution >= 0.6 is 7.82 Å². The van der Waals surface area contributed by atoms with E-state index in [9.17, 15) is 4.57 Å². The highest BCUT2D eigenvalue weighted by Gasteiger charge is 2.29. The molecule has 0 unspecified atom stereocenters. The third kappa shape index (κ3) is 4.74. The average Bonchev–Trinajstić information content (AvgIpc) is 2.06. The van der Waals surface area contributed by atoms with Gasteiger partial charge in [0, 0.05) is 5.41 Å². The molecule has 80 valence electrons. The van der Waals surface area contributed by atoms with Gasteiger partial charge in [-0.1, -0.05) is 13.8 Å². The zero-order chi connectivity index (χ0) is 10.5. The summed E-state index contributed by atoms with van der Waals surface area (Å²) in [4.78, 5) is 16.9. The molecule has 0 aliphatic carbocycles. The largest absolute Gasteiger partial charge is 0.469 e. The van der Waals surface area contributed by atoms with Crippen LogP contribution in [0.15, 0.2) is 0 Å². The Morgan fingerprint density at radius 2 is 1.77 bits per heavy atom. The van der Waals surface area contributed by atoms with Crippen LogP contribution in [0.5, 0.6) is 0 Å². The van der Waals surface area contributed by atoms with E-state index in [2.05, 4.69) is 4.52 Å². The molecule has 13 heavy (non-hydrogen) atoms. The monoisotopic (exact) mass is 212 g/mol. The van der Waals surface area contributed by atoms with Gasteiger partial charge in [-0.2, -0.15) is 0 Å². The Labute approximate surface area is 78.0 Å². The molecule has 0 rings (SSSR count). The van der Waals surface area contributed by atoms with Crippen molar-refractivity contribution in [3.63, 3.8) is 0 Å². The quantitative estimate of drug-likeness (QED) is 0.569. The first-order valence-electron chi connectivity index (χ1n) is 4.20. The Morgan fingerprint density at radius 1 is 1.31 bits per heavy atom. The summed E-state index contributed by atoms with van der Waals surface area (Å²) in [5, 5.41) is 9.04. The van der Waals surface area contributed by atoms with E-state index in [1.165, 1.54) is 0 Å². The molecule has 0 aromatic carbocycles. The van der Waals surface area contributed by atoms with Crippen LogP contribution in [0, 0.1) is 5.41 Å². The molecule has 0 saturated heterocycles. The molecule has 3 N–H and O–H groups in total. The third-order valence-corrected chi connectivity index (χ3v) is 2.84. The molecule has 6 heteroatoms. The maximum atomic E-state index is 10.4. The molecule has 0 radical (unpaired) electrons. The van der Waals surface area contributed by atoms with E-state index in [1.807, 2.05) is 13.8 Å². The van der Waals surface area contributed by atoms with Crippen LogP contribution in [0.2, 0.25) is 0 Å². The third-order valence-electron chi connectivity index (χ3n) is 2.37. The molecule has 0 atom stereocenters. The lowest BCUT2D eigenvalue weighted by Crippen LogP contribution is -2.29. The average molecular weight is 212 g/mol. The van der Waals surface area contributed by atoms with Crippen LogP contribution in [0.25, 0.3) is 0 Å². The fourth-order valence-corrected chi connectivity index (χ4v) is 1.39. The highest BCUT2D eigenvalue weighted by Crippen LogP contribution is 2.39. The number of hydrogen-bond donors (Lipinski definition) is 3. The number of rotatable bonds is 6. The fraction of sp³-hybridized carbons (Fsp3) is 1.00. The highest BCUT2D eigenvalue weighted by molar-refractivity contribution is 7.46. The normalized spacial score (nSPS) is 13.3. The van der Waals surface area contributed by atoms with Crippen molar-refractivity contribution in [3.05, 3.63) is 0 Å². The number of hydrogen-bond acceptors (Lipinski definition) is 3. The summed E-state index contributed by atoms with van der Waals surface area (Å²) in [6.45, 7) is 3.46. The molecule has 0 spiro atoms. The van der Waals surface area contributed by atoms with E-state index >= 15 is 0 Å². The van der Waals surface area contributed by atoms with Gasteiger partial charge in [0.25, 0.3) is 0 Å². The molecule has 0 aromatic rings. The van der Waals surface area contributed by atoms with Gasteiger partial charge in [0.2, 0.25) is 0 Å². The summed E-state index contributed by atoms with van der Waals surface area (Å²) in [7, 11) is -4.41. The molecular weight excluding hydrogens is 195 g/mol. The highest BCUT2D eigenvalue weighted by atomic mass is 31.2. The van der Waals surface area contributed by atoms with E-state index in [-0.39, 0.29) is 13.2 Å². The van der Waals surface area contributed by atoms with E-state index in [1.54, 1.807) is 0 Å². The van der Waals surface area contributed by atoms with Gasteiger partial charge in [-0.15, -0.1) is 0 Å². The first kappa shape index (κ1) is 13.1. The van der Waals surface area contributed by atoms with Crippen molar-refractivity contribution in [3.8, 4) is 0 Å². The predicted molar refractivity (Wildman–Crippen MR) is 48.1 cm³/mol. The topological polar surface area (TPSA) is 87.0 Å². The van der Waals surface area contributed by atoms with Gasteiger partial charge < -0.3 is 14.9 Å². The van der Waals surface area contributed by atoms with Gasteiger partial charge in [0.1, 0.15) is 0 Å². The summed E-state index contributed by atoms with van der Waals surface area (Å²) >= 11 is 0. The molecule has 0 saturated carbocycles. The first-order valence-corrected chi connectivity index (χ1v) is 5.73. The Hall–Kier alpha value is 0.0700. The second-order valence-electron chi connectivity index (χ2n) is 3.13. The van der Waals surface area contributed by atoms with Gasteiger partial charge in [-0.3, -0.25) is 4.52 Å². The smallest absolute Gasteiger partial charge is 0.396 e. The Balaban J connectivity index is 4.19. The maximum Gasteiger partial charge on any atom is 0.469 e. The number of phosphoric ester groups is 1. The molecule has 0 fully saturated rings. The van der Waals surface area contributed by atoms with Gasteiger partial charge in [0.15, 0.2) is 0 Å². The Kier molecular flexibility index (Phi) is 5.10. The molecule has 0 heterocycles. The van der Waals surface area contributed by atoms with Crippen LogP contribution in [0.4, 0.5) is 0 Å². The molecule has 0 aliphatic rings. The van der Waals surface area contributed by atoms with E-state index in [4.69, 9.17) is 14.9 Å². The van der Waals surface area contributed by atoms with Crippen LogP contribution in [-0.2, 0) is 9.09 Å². The van der Waals surface area contributed by atoms with Crippen LogP contribution in [-0.4, -0.2) is 28.1 Å². The minimum absolute atomic E-state index is 0.110. The Morgan fingerprint density at radius 3 is 2.00 bits per heavy atom. The number of aliphatic hydroxyl groups is 1. The van der Waals surface area contributed by atoms with Crippen molar-refractivity contribution >= 4 is 7.82 Å². The van der Waals surface area contributed by atoms with Crippen molar-refractivity contribution < 1.29 is 24.0 Å². The van der Waals surface area contributed by atoms with Gasteiger partial charge in [0.05, 0.1) is 13.2 Å². The summed E-state index contributed by atoms with van der Waals surface area (Å²) in [6.07, 6.45) is 1.25. The van der Waals surface area contributed by atoms with Gasteiger partial charge in [-0.05, 0) is 12.8 Å². The van der Waals surface area contributed by atoms with E-state index < -0.39 is 13.2 Å². The second kappa shape index (κ2) is 5.08. The minimum atomic E-state index is -4.41. The molecule has 0 aliphatic heterocycles. The maximum absolute atomic E-state index is 10.4. The predicted octanol–water partition coefficient (Wildman–Crippen LogP) is 0.894. The fourth-order valence-electron chi connectivity index (χ4n) is 0.944. The van der Waals surface area contributed by atoms with E-state index in [0.717, 1.165) is 0 Å².